The van der Waals surface area contributed by atoms with Gasteiger partial charge in [-0.2, -0.15) is 0 Å². The number of carbonyl (C=O) groups is 2. The third-order valence-corrected chi connectivity index (χ3v) is 6.88. The van der Waals surface area contributed by atoms with Crippen molar-refractivity contribution in [1.29, 1.82) is 0 Å². The minimum absolute atomic E-state index is 0.0653. The van der Waals surface area contributed by atoms with Gasteiger partial charge in [0.05, 0.1) is 6.10 Å². The number of hydrogen-bond donors (Lipinski definition) is 1. The van der Waals surface area contributed by atoms with Crippen LogP contribution in [0.1, 0.15) is 63.9 Å². The maximum absolute atomic E-state index is 12.9. The molecule has 2 aliphatic rings. The van der Waals surface area contributed by atoms with Crippen LogP contribution in [0.5, 0.6) is 11.5 Å². The summed E-state index contributed by atoms with van der Waals surface area (Å²) in [5.74, 6) is 1.53. The smallest absolute Gasteiger partial charge is 0.168 e. The lowest BCUT2D eigenvalue weighted by atomic mass is 10.00. The van der Waals surface area contributed by atoms with Gasteiger partial charge >= 0.3 is 0 Å². The van der Waals surface area contributed by atoms with E-state index in [9.17, 15) is 9.59 Å². The topological polar surface area (TPSA) is 77.5 Å². The first-order valence-corrected chi connectivity index (χ1v) is 12.9. The van der Waals surface area contributed by atoms with Crippen LogP contribution in [-0.2, 0) is 12.8 Å². The van der Waals surface area contributed by atoms with Gasteiger partial charge in [0.15, 0.2) is 11.6 Å². The quantitative estimate of drug-likeness (QED) is 0.409. The van der Waals surface area contributed by atoms with Crippen LogP contribution in [0, 0.1) is 0 Å². The summed E-state index contributed by atoms with van der Waals surface area (Å²) < 4.78 is 11.9. The molecule has 0 spiro atoms. The number of nitrogens with zero attached hydrogens (tertiary/aromatic N) is 1. The van der Waals surface area contributed by atoms with Gasteiger partial charge < -0.3 is 14.8 Å². The van der Waals surface area contributed by atoms with Crippen molar-refractivity contribution < 1.29 is 19.1 Å². The van der Waals surface area contributed by atoms with Gasteiger partial charge in [0.2, 0.25) is 0 Å². The Balaban J connectivity index is 1.16. The molecule has 1 aromatic heterocycles. The van der Waals surface area contributed by atoms with E-state index < -0.39 is 0 Å². The molecule has 6 heteroatoms. The van der Waals surface area contributed by atoms with E-state index in [4.69, 9.17) is 9.47 Å². The molecule has 1 saturated heterocycles. The van der Waals surface area contributed by atoms with Crippen LogP contribution in [0.15, 0.2) is 67.0 Å². The molecule has 1 aliphatic carbocycles. The highest BCUT2D eigenvalue weighted by atomic mass is 16.5. The molecule has 36 heavy (non-hydrogen) atoms. The molecule has 0 amide bonds. The van der Waals surface area contributed by atoms with Crippen LogP contribution in [-0.4, -0.2) is 41.8 Å². The van der Waals surface area contributed by atoms with Gasteiger partial charge in [0, 0.05) is 42.9 Å². The van der Waals surface area contributed by atoms with Crippen molar-refractivity contribution in [1.82, 2.24) is 10.3 Å². The summed E-state index contributed by atoms with van der Waals surface area (Å²) in [7, 11) is 0. The maximum atomic E-state index is 12.9. The Bertz CT molecular complexity index is 1090. The van der Waals surface area contributed by atoms with Crippen molar-refractivity contribution in [3.05, 3.63) is 89.2 Å². The SMILES string of the molecule is O=C(Cc1ccc(OC2CCCC2)cc1)c1cncc(C(=O)Cc2ccc(O[C@@H]3CCNC3)cc2)c1. The zero-order valence-corrected chi connectivity index (χ0v) is 20.4. The van der Waals surface area contributed by atoms with E-state index in [-0.39, 0.29) is 30.5 Å². The van der Waals surface area contributed by atoms with Crippen molar-refractivity contribution in [2.75, 3.05) is 13.1 Å². The lowest BCUT2D eigenvalue weighted by Crippen LogP contribution is -2.19. The normalized spacial score (nSPS) is 17.7. The Labute approximate surface area is 212 Å². The van der Waals surface area contributed by atoms with E-state index in [0.29, 0.717) is 17.2 Å². The van der Waals surface area contributed by atoms with E-state index in [1.807, 2.05) is 48.5 Å². The summed E-state index contributed by atoms with van der Waals surface area (Å²) in [5.41, 5.74) is 2.69. The van der Waals surface area contributed by atoms with Crippen molar-refractivity contribution in [3.8, 4) is 11.5 Å². The van der Waals surface area contributed by atoms with Crippen LogP contribution in [0.3, 0.4) is 0 Å². The first-order chi connectivity index (χ1) is 17.6. The van der Waals surface area contributed by atoms with Crippen molar-refractivity contribution >= 4 is 11.6 Å². The lowest BCUT2D eigenvalue weighted by molar-refractivity contribution is 0.0992. The number of hydrogen-bond acceptors (Lipinski definition) is 6. The van der Waals surface area contributed by atoms with Crippen LogP contribution < -0.4 is 14.8 Å². The predicted molar refractivity (Wildman–Crippen MR) is 138 cm³/mol. The molecule has 0 radical (unpaired) electrons. The van der Waals surface area contributed by atoms with E-state index in [0.717, 1.165) is 55.0 Å². The van der Waals surface area contributed by atoms with E-state index in [1.165, 1.54) is 25.2 Å². The van der Waals surface area contributed by atoms with Gasteiger partial charge in [0.1, 0.15) is 17.6 Å². The van der Waals surface area contributed by atoms with E-state index in [2.05, 4.69) is 10.3 Å². The first-order valence-electron chi connectivity index (χ1n) is 12.9. The second-order valence-corrected chi connectivity index (χ2v) is 9.71. The molecule has 2 aromatic carbocycles. The third-order valence-electron chi connectivity index (χ3n) is 6.88. The molecule has 1 N–H and O–H groups in total. The third kappa shape index (κ3) is 6.38. The van der Waals surface area contributed by atoms with Crippen LogP contribution in [0.4, 0.5) is 0 Å². The summed E-state index contributed by atoms with van der Waals surface area (Å²) >= 11 is 0. The molecule has 6 nitrogen and oxygen atoms in total. The average Bonchev–Trinajstić information content (AvgIpc) is 3.61. The molecule has 0 bridgehead atoms. The average molecular weight is 485 g/mol. The van der Waals surface area contributed by atoms with Gasteiger partial charge in [-0.25, -0.2) is 0 Å². The fourth-order valence-electron chi connectivity index (χ4n) is 4.81. The Morgan fingerprint density at radius 1 is 0.750 bits per heavy atom. The second-order valence-electron chi connectivity index (χ2n) is 9.71. The lowest BCUT2D eigenvalue weighted by Gasteiger charge is -2.13. The molecule has 5 rings (SSSR count). The molecule has 186 valence electrons. The minimum atomic E-state index is -0.0702. The predicted octanol–water partition coefficient (Wildman–Crippen LogP) is 4.99. The maximum Gasteiger partial charge on any atom is 0.168 e. The van der Waals surface area contributed by atoms with E-state index >= 15 is 0 Å². The Kier molecular flexibility index (Phi) is 7.72. The number of nitrogens with one attached hydrogen (secondary N) is 1. The summed E-state index contributed by atoms with van der Waals surface area (Å²) in [4.78, 5) is 29.9. The molecule has 2 fully saturated rings. The number of Topliss-reactive ketones (excluding diaryl/α,β-unsaturated/α-hetero) is 2. The molecule has 1 atom stereocenters. The summed E-state index contributed by atoms with van der Waals surface area (Å²) in [6.07, 6.45) is 9.74. The fraction of sp³-hybridized carbons (Fsp3) is 0.367. The molecular formula is C30H32N2O4. The Hall–Kier alpha value is -3.51. The Morgan fingerprint density at radius 2 is 1.28 bits per heavy atom. The van der Waals surface area contributed by atoms with Gasteiger partial charge in [-0.05, 0) is 80.1 Å². The standard InChI is InChI=1S/C30H32N2O4/c33-29(15-21-5-9-26(10-6-21)35-25-3-1-2-4-25)23-17-24(19-32-18-23)30(34)16-22-7-11-27(12-8-22)36-28-13-14-31-20-28/h5-12,17-19,25,28,31H,1-4,13-16,20H2/t28-/m1/s1. The van der Waals surface area contributed by atoms with Gasteiger partial charge in [0.25, 0.3) is 0 Å². The van der Waals surface area contributed by atoms with Gasteiger partial charge in [-0.15, -0.1) is 0 Å². The number of benzene rings is 2. The number of aromatic nitrogens is 1. The molecule has 3 aromatic rings. The highest BCUT2D eigenvalue weighted by molar-refractivity contribution is 6.02. The van der Waals surface area contributed by atoms with Gasteiger partial charge in [-0.3, -0.25) is 14.6 Å². The number of pyridine rings is 1. The van der Waals surface area contributed by atoms with Crippen LogP contribution >= 0.6 is 0 Å². The number of rotatable bonds is 10. The molecule has 1 saturated carbocycles. The highest BCUT2D eigenvalue weighted by Gasteiger charge is 2.18. The zero-order valence-electron chi connectivity index (χ0n) is 20.4. The van der Waals surface area contributed by atoms with E-state index in [1.54, 1.807) is 6.07 Å². The largest absolute Gasteiger partial charge is 0.490 e. The van der Waals surface area contributed by atoms with Crippen LogP contribution in [0.25, 0.3) is 0 Å². The number of ether oxygens (including phenoxy) is 2. The highest BCUT2D eigenvalue weighted by Crippen LogP contribution is 2.24. The number of carbonyl (C=O) groups excluding carboxylic acids is 2. The summed E-state index contributed by atoms with van der Waals surface area (Å²) in [6.45, 7) is 1.84. The van der Waals surface area contributed by atoms with Gasteiger partial charge in [-0.1, -0.05) is 24.3 Å². The molecule has 2 heterocycles. The fourth-order valence-corrected chi connectivity index (χ4v) is 4.81. The summed E-state index contributed by atoms with van der Waals surface area (Å²) in [5, 5.41) is 3.28. The Morgan fingerprint density at radius 3 is 1.78 bits per heavy atom. The zero-order chi connectivity index (χ0) is 24.7. The van der Waals surface area contributed by atoms with Crippen molar-refractivity contribution in [2.45, 2.75) is 57.2 Å². The number of ketones is 2. The first kappa shape index (κ1) is 24.2. The molecular weight excluding hydrogens is 452 g/mol. The monoisotopic (exact) mass is 484 g/mol. The van der Waals surface area contributed by atoms with Crippen molar-refractivity contribution in [2.24, 2.45) is 0 Å². The van der Waals surface area contributed by atoms with Crippen molar-refractivity contribution in [3.63, 3.8) is 0 Å². The minimum Gasteiger partial charge on any atom is -0.490 e. The molecule has 0 unspecified atom stereocenters. The second kappa shape index (κ2) is 11.5. The summed E-state index contributed by atoms with van der Waals surface area (Å²) in [6, 6.07) is 17.0. The van der Waals surface area contributed by atoms with Crippen LogP contribution in [0.2, 0.25) is 0 Å². The molecule has 1 aliphatic heterocycles.